The fourth-order valence-corrected chi connectivity index (χ4v) is 1.86. The Morgan fingerprint density at radius 2 is 1.52 bits per heavy atom. The van der Waals surface area contributed by atoms with E-state index in [1.165, 1.54) is 6.08 Å². The molecule has 1 amide bonds. The normalized spacial score (nSPS) is 10.8. The van der Waals surface area contributed by atoms with Crippen molar-refractivity contribution in [1.29, 1.82) is 5.26 Å². The summed E-state index contributed by atoms with van der Waals surface area (Å²) in [7, 11) is 0. The lowest BCUT2D eigenvalue weighted by atomic mass is 10.1. The summed E-state index contributed by atoms with van der Waals surface area (Å²) in [6.45, 7) is 0. The van der Waals surface area contributed by atoms with Crippen LogP contribution in [0.2, 0.25) is 10.0 Å². The van der Waals surface area contributed by atoms with Crippen LogP contribution in [0.4, 0.5) is 5.69 Å². The summed E-state index contributed by atoms with van der Waals surface area (Å²) in [6.07, 6.45) is 1.50. The van der Waals surface area contributed by atoms with Gasteiger partial charge < -0.3 is 5.32 Å². The highest BCUT2D eigenvalue weighted by Gasteiger charge is 2.09. The minimum atomic E-state index is -0.477. The van der Waals surface area contributed by atoms with Crippen molar-refractivity contribution >= 4 is 40.9 Å². The van der Waals surface area contributed by atoms with Gasteiger partial charge in [0.15, 0.2) is 0 Å². The smallest absolute Gasteiger partial charge is 0.266 e. The molecule has 3 nitrogen and oxygen atoms in total. The first-order chi connectivity index (χ1) is 10.1. The van der Waals surface area contributed by atoms with E-state index in [4.69, 9.17) is 28.5 Å². The molecule has 5 heteroatoms. The first-order valence-electron chi connectivity index (χ1n) is 6.03. The van der Waals surface area contributed by atoms with E-state index < -0.39 is 5.91 Å². The molecule has 0 fully saturated rings. The van der Waals surface area contributed by atoms with Crippen LogP contribution in [0, 0.1) is 11.3 Å². The second kappa shape index (κ2) is 6.94. The summed E-state index contributed by atoms with van der Waals surface area (Å²) < 4.78 is 0. The maximum absolute atomic E-state index is 12.0. The monoisotopic (exact) mass is 316 g/mol. The number of halogens is 2. The molecule has 0 aliphatic heterocycles. The SMILES string of the molecule is N#C/C(=C\c1ccc(Cl)cc1)C(=O)Nc1ccc(Cl)cc1. The molecule has 0 aromatic heterocycles. The third kappa shape index (κ3) is 4.35. The number of hydrogen-bond donors (Lipinski definition) is 1. The first kappa shape index (κ1) is 15.1. The van der Waals surface area contributed by atoms with E-state index in [-0.39, 0.29) is 5.57 Å². The predicted octanol–water partition coefficient (Wildman–Crippen LogP) is 4.54. The Kier molecular flexibility index (Phi) is 4.99. The Morgan fingerprint density at radius 1 is 1.00 bits per heavy atom. The van der Waals surface area contributed by atoms with Crippen molar-refractivity contribution in [3.63, 3.8) is 0 Å². The van der Waals surface area contributed by atoms with Crippen LogP contribution in [0.3, 0.4) is 0 Å². The van der Waals surface area contributed by atoms with Gasteiger partial charge in [-0.2, -0.15) is 5.26 Å². The van der Waals surface area contributed by atoms with Crippen LogP contribution >= 0.6 is 23.2 Å². The Labute approximate surface area is 132 Å². The number of carbonyl (C=O) groups excluding carboxylic acids is 1. The lowest BCUT2D eigenvalue weighted by Gasteiger charge is -2.04. The van der Waals surface area contributed by atoms with E-state index in [1.807, 2.05) is 6.07 Å². The van der Waals surface area contributed by atoms with E-state index in [1.54, 1.807) is 48.5 Å². The highest BCUT2D eigenvalue weighted by molar-refractivity contribution is 6.31. The average molecular weight is 317 g/mol. The molecule has 0 bridgehead atoms. The summed E-state index contributed by atoms with van der Waals surface area (Å²) >= 11 is 11.6. The number of nitrogens with one attached hydrogen (secondary N) is 1. The van der Waals surface area contributed by atoms with Crippen molar-refractivity contribution in [2.75, 3.05) is 5.32 Å². The Bertz CT molecular complexity index is 713. The van der Waals surface area contributed by atoms with Crippen LogP contribution in [-0.4, -0.2) is 5.91 Å². The molecule has 0 unspecified atom stereocenters. The highest BCUT2D eigenvalue weighted by atomic mass is 35.5. The van der Waals surface area contributed by atoms with Gasteiger partial charge in [-0.3, -0.25) is 4.79 Å². The molecule has 0 spiro atoms. The van der Waals surface area contributed by atoms with Crippen LogP contribution in [0.1, 0.15) is 5.56 Å². The fraction of sp³-hybridized carbons (Fsp3) is 0. The van der Waals surface area contributed by atoms with Crippen LogP contribution in [0.25, 0.3) is 6.08 Å². The third-order valence-corrected chi connectivity index (χ3v) is 3.15. The van der Waals surface area contributed by atoms with E-state index in [2.05, 4.69) is 5.32 Å². The highest BCUT2D eigenvalue weighted by Crippen LogP contribution is 2.16. The Balaban J connectivity index is 2.17. The van der Waals surface area contributed by atoms with E-state index in [0.717, 1.165) is 5.56 Å². The maximum atomic E-state index is 12.0. The number of rotatable bonds is 3. The van der Waals surface area contributed by atoms with Crippen molar-refractivity contribution in [2.45, 2.75) is 0 Å². The number of amides is 1. The second-order valence-corrected chi connectivity index (χ2v) is 5.06. The maximum Gasteiger partial charge on any atom is 0.266 e. The molecule has 0 aliphatic rings. The van der Waals surface area contributed by atoms with E-state index in [9.17, 15) is 4.79 Å². The molecule has 0 heterocycles. The zero-order valence-electron chi connectivity index (χ0n) is 10.8. The lowest BCUT2D eigenvalue weighted by molar-refractivity contribution is -0.112. The predicted molar refractivity (Wildman–Crippen MR) is 85.1 cm³/mol. The van der Waals surface area contributed by atoms with Crippen LogP contribution in [-0.2, 0) is 4.79 Å². The Hall–Kier alpha value is -2.28. The van der Waals surface area contributed by atoms with E-state index >= 15 is 0 Å². The molecule has 0 saturated heterocycles. The molecule has 0 saturated carbocycles. The summed E-state index contributed by atoms with van der Waals surface area (Å²) in [5.74, 6) is -0.477. The molecular formula is C16H10Cl2N2O. The topological polar surface area (TPSA) is 52.9 Å². The van der Waals surface area contributed by atoms with Crippen LogP contribution in [0.15, 0.2) is 54.1 Å². The summed E-state index contributed by atoms with van der Waals surface area (Å²) in [5.41, 5.74) is 1.30. The Morgan fingerprint density at radius 3 is 2.05 bits per heavy atom. The largest absolute Gasteiger partial charge is 0.321 e. The molecule has 1 N–H and O–H groups in total. The number of carbonyl (C=O) groups is 1. The van der Waals surface area contributed by atoms with Gasteiger partial charge in [-0.15, -0.1) is 0 Å². The first-order valence-corrected chi connectivity index (χ1v) is 6.78. The fourth-order valence-electron chi connectivity index (χ4n) is 1.61. The molecule has 21 heavy (non-hydrogen) atoms. The van der Waals surface area contributed by atoms with Gasteiger partial charge in [0.2, 0.25) is 0 Å². The summed E-state index contributed by atoms with van der Waals surface area (Å²) in [4.78, 5) is 12.0. The minimum absolute atomic E-state index is 0.00673. The van der Waals surface area contributed by atoms with Gasteiger partial charge in [0, 0.05) is 15.7 Å². The van der Waals surface area contributed by atoms with Gasteiger partial charge >= 0.3 is 0 Å². The second-order valence-electron chi connectivity index (χ2n) is 4.18. The van der Waals surface area contributed by atoms with Crippen molar-refractivity contribution in [2.24, 2.45) is 0 Å². The van der Waals surface area contributed by atoms with Gasteiger partial charge in [-0.25, -0.2) is 0 Å². The number of nitrogens with zero attached hydrogens (tertiary/aromatic N) is 1. The van der Waals surface area contributed by atoms with Crippen LogP contribution < -0.4 is 5.32 Å². The quantitative estimate of drug-likeness (QED) is 0.667. The van der Waals surface area contributed by atoms with Crippen LogP contribution in [0.5, 0.6) is 0 Å². The number of hydrogen-bond acceptors (Lipinski definition) is 2. The molecule has 0 aliphatic carbocycles. The van der Waals surface area contributed by atoms with Crippen molar-refractivity contribution in [3.8, 4) is 6.07 Å². The molecular weight excluding hydrogens is 307 g/mol. The van der Waals surface area contributed by atoms with Gasteiger partial charge in [0.1, 0.15) is 11.6 Å². The molecule has 2 rings (SSSR count). The molecule has 0 atom stereocenters. The van der Waals surface area contributed by atoms with Crippen molar-refractivity contribution in [1.82, 2.24) is 0 Å². The van der Waals surface area contributed by atoms with Gasteiger partial charge in [0.25, 0.3) is 5.91 Å². The molecule has 104 valence electrons. The average Bonchev–Trinajstić information content (AvgIpc) is 2.49. The standard InChI is InChI=1S/C16H10Cl2N2O/c17-13-3-1-11(2-4-13)9-12(10-19)16(21)20-15-7-5-14(18)6-8-15/h1-9H,(H,20,21)/b12-9+. The number of nitriles is 1. The third-order valence-electron chi connectivity index (χ3n) is 2.65. The van der Waals surface area contributed by atoms with Crippen molar-refractivity contribution in [3.05, 3.63) is 69.7 Å². The summed E-state index contributed by atoms with van der Waals surface area (Å²) in [6, 6.07) is 15.4. The zero-order chi connectivity index (χ0) is 15.2. The van der Waals surface area contributed by atoms with Gasteiger partial charge in [-0.1, -0.05) is 35.3 Å². The number of benzene rings is 2. The molecule has 2 aromatic carbocycles. The van der Waals surface area contributed by atoms with Gasteiger partial charge in [0.05, 0.1) is 0 Å². The lowest BCUT2D eigenvalue weighted by Crippen LogP contribution is -2.13. The van der Waals surface area contributed by atoms with Crippen molar-refractivity contribution < 1.29 is 4.79 Å². The molecule has 0 radical (unpaired) electrons. The minimum Gasteiger partial charge on any atom is -0.321 e. The molecule has 2 aromatic rings. The number of anilines is 1. The zero-order valence-corrected chi connectivity index (χ0v) is 12.3. The van der Waals surface area contributed by atoms with E-state index in [0.29, 0.717) is 15.7 Å². The summed E-state index contributed by atoms with van der Waals surface area (Å²) in [5, 5.41) is 12.9. The van der Waals surface area contributed by atoms with Gasteiger partial charge in [-0.05, 0) is 48.0 Å².